The minimum absolute atomic E-state index is 0.00138. The van der Waals surface area contributed by atoms with Crippen molar-refractivity contribution in [2.45, 2.75) is 32.7 Å². The fourth-order valence-corrected chi connectivity index (χ4v) is 3.86. The molecule has 0 aromatic carbocycles. The summed E-state index contributed by atoms with van der Waals surface area (Å²) in [4.78, 5) is 26.8. The third kappa shape index (κ3) is 2.38. The van der Waals surface area contributed by atoms with Crippen molar-refractivity contribution in [1.82, 2.24) is 18.9 Å². The van der Waals surface area contributed by atoms with E-state index in [-0.39, 0.29) is 11.6 Å². The summed E-state index contributed by atoms with van der Waals surface area (Å²) in [6.07, 6.45) is 1.81. The van der Waals surface area contributed by atoms with Crippen LogP contribution in [0.2, 0.25) is 0 Å². The third-order valence-electron chi connectivity index (χ3n) is 5.17. The average molecular weight is 342 g/mol. The monoisotopic (exact) mass is 342 g/mol. The second kappa shape index (κ2) is 5.92. The van der Waals surface area contributed by atoms with Gasteiger partial charge in [-0.05, 0) is 26.7 Å². The fourth-order valence-electron chi connectivity index (χ4n) is 3.86. The van der Waals surface area contributed by atoms with Crippen molar-refractivity contribution in [3.8, 4) is 6.07 Å². The maximum absolute atomic E-state index is 12.4. The molecule has 0 radical (unpaired) electrons. The van der Waals surface area contributed by atoms with E-state index in [1.165, 1.54) is 11.6 Å². The molecule has 1 aliphatic heterocycles. The summed E-state index contributed by atoms with van der Waals surface area (Å²) in [7, 11) is 4.91. The van der Waals surface area contributed by atoms with Gasteiger partial charge >= 0.3 is 5.69 Å². The van der Waals surface area contributed by atoms with Crippen LogP contribution in [0.3, 0.4) is 0 Å². The second-order valence-electron chi connectivity index (χ2n) is 6.58. The number of aryl methyl sites for hydroxylation is 2. The van der Waals surface area contributed by atoms with Crippen LogP contribution in [0, 0.1) is 25.2 Å². The van der Waals surface area contributed by atoms with Crippen molar-refractivity contribution in [2.75, 3.05) is 11.4 Å². The van der Waals surface area contributed by atoms with Gasteiger partial charge in [0, 0.05) is 38.9 Å². The maximum Gasteiger partial charge on any atom is 0.332 e. The molecule has 0 amide bonds. The van der Waals surface area contributed by atoms with E-state index in [4.69, 9.17) is 0 Å². The van der Waals surface area contributed by atoms with Crippen molar-refractivity contribution in [2.24, 2.45) is 21.1 Å². The first kappa shape index (κ1) is 17.0. The molecule has 2 aromatic rings. The average Bonchev–Trinajstić information content (AvgIpc) is 3.13. The van der Waals surface area contributed by atoms with Crippen LogP contribution in [0.15, 0.2) is 9.59 Å². The number of aromatic nitrogens is 4. The van der Waals surface area contributed by atoms with E-state index in [1.54, 1.807) is 7.05 Å². The van der Waals surface area contributed by atoms with Gasteiger partial charge in [0.25, 0.3) is 5.56 Å². The molecular formula is C17H22N6O2. The number of hydrogen-bond acceptors (Lipinski definition) is 5. The molecule has 0 aliphatic carbocycles. The zero-order chi connectivity index (χ0) is 18.5. The van der Waals surface area contributed by atoms with Crippen LogP contribution in [0.5, 0.6) is 0 Å². The van der Waals surface area contributed by atoms with Gasteiger partial charge in [0.1, 0.15) is 11.9 Å². The first-order valence-corrected chi connectivity index (χ1v) is 8.26. The highest BCUT2D eigenvalue weighted by molar-refractivity contribution is 5.56. The molecule has 0 bridgehead atoms. The number of hydrogen-bond donors (Lipinski definition) is 0. The highest BCUT2D eigenvalue weighted by Gasteiger charge is 2.34. The van der Waals surface area contributed by atoms with Gasteiger partial charge in [0.2, 0.25) is 0 Å². The van der Waals surface area contributed by atoms with Gasteiger partial charge in [-0.2, -0.15) is 10.4 Å². The van der Waals surface area contributed by atoms with E-state index < -0.39 is 11.2 Å². The van der Waals surface area contributed by atoms with Gasteiger partial charge in [0.15, 0.2) is 5.56 Å². The molecule has 0 saturated carbocycles. The lowest BCUT2D eigenvalue weighted by Gasteiger charge is -2.29. The van der Waals surface area contributed by atoms with Crippen molar-refractivity contribution < 1.29 is 0 Å². The summed E-state index contributed by atoms with van der Waals surface area (Å²) in [5.74, 6) is 0.403. The van der Waals surface area contributed by atoms with Crippen LogP contribution in [-0.2, 0) is 21.1 Å². The van der Waals surface area contributed by atoms with Gasteiger partial charge in [-0.3, -0.25) is 18.6 Å². The number of rotatable bonds is 2. The minimum Gasteiger partial charge on any atom is -0.349 e. The van der Waals surface area contributed by atoms with E-state index in [1.807, 2.05) is 36.5 Å². The number of nitriles is 1. The Kier molecular flexibility index (Phi) is 4.03. The highest BCUT2D eigenvalue weighted by atomic mass is 16.2. The molecule has 0 unspecified atom stereocenters. The molecule has 25 heavy (non-hydrogen) atoms. The molecule has 8 heteroatoms. The Balaban J connectivity index is 2.25. The molecule has 1 atom stereocenters. The SMILES string of the molecule is Cc1nn(C)c(C)c1[C@@H]1CCCN1c1c(C#N)c(=O)n(C)c(=O)n1C. The van der Waals surface area contributed by atoms with Crippen LogP contribution in [-0.4, -0.2) is 25.5 Å². The van der Waals surface area contributed by atoms with Gasteiger partial charge in [-0.25, -0.2) is 4.79 Å². The normalized spacial score (nSPS) is 17.1. The molecule has 3 rings (SSSR count). The van der Waals surface area contributed by atoms with Gasteiger partial charge < -0.3 is 4.90 Å². The van der Waals surface area contributed by atoms with E-state index in [0.717, 1.165) is 34.4 Å². The van der Waals surface area contributed by atoms with Crippen molar-refractivity contribution in [3.05, 3.63) is 43.4 Å². The maximum atomic E-state index is 12.4. The Morgan fingerprint density at radius 2 is 1.84 bits per heavy atom. The Morgan fingerprint density at radius 3 is 2.40 bits per heavy atom. The first-order chi connectivity index (χ1) is 11.8. The van der Waals surface area contributed by atoms with Gasteiger partial charge in [-0.15, -0.1) is 0 Å². The Labute approximate surface area is 145 Å². The summed E-state index contributed by atoms with van der Waals surface area (Å²) in [6.45, 7) is 4.67. The van der Waals surface area contributed by atoms with Crippen LogP contribution in [0.4, 0.5) is 5.82 Å². The van der Waals surface area contributed by atoms with Crippen LogP contribution in [0.1, 0.15) is 41.4 Å². The van der Waals surface area contributed by atoms with E-state index >= 15 is 0 Å². The molecule has 3 heterocycles. The van der Waals surface area contributed by atoms with Crippen LogP contribution >= 0.6 is 0 Å². The van der Waals surface area contributed by atoms with Gasteiger partial charge in [-0.1, -0.05) is 0 Å². The number of nitrogens with zero attached hydrogens (tertiary/aromatic N) is 6. The molecule has 1 fully saturated rings. The lowest BCUT2D eigenvalue weighted by atomic mass is 10.0. The summed E-state index contributed by atoms with van der Waals surface area (Å²) in [6, 6.07) is 2.00. The van der Waals surface area contributed by atoms with Crippen molar-refractivity contribution in [1.29, 1.82) is 5.26 Å². The zero-order valence-electron chi connectivity index (χ0n) is 15.2. The first-order valence-electron chi connectivity index (χ1n) is 8.26. The van der Waals surface area contributed by atoms with E-state index in [9.17, 15) is 14.9 Å². The molecule has 0 N–H and O–H groups in total. The molecule has 1 aliphatic rings. The van der Waals surface area contributed by atoms with Crippen molar-refractivity contribution in [3.63, 3.8) is 0 Å². The standard InChI is InChI=1S/C17H22N6O2/c1-10-14(11(2)22(5)19-10)13-7-6-8-23(13)15-12(9-18)16(24)21(4)17(25)20(15)3/h13H,6-8H2,1-5H3/t13-/m0/s1. The summed E-state index contributed by atoms with van der Waals surface area (Å²) in [5.41, 5.74) is 2.13. The number of anilines is 1. The molecule has 0 spiro atoms. The quantitative estimate of drug-likeness (QED) is 0.799. The fraction of sp³-hybridized carbons (Fsp3) is 0.529. The summed E-state index contributed by atoms with van der Waals surface area (Å²) in [5, 5.41) is 14.0. The molecule has 1 saturated heterocycles. The van der Waals surface area contributed by atoms with Crippen LogP contribution < -0.4 is 16.1 Å². The lowest BCUT2D eigenvalue weighted by Crippen LogP contribution is -2.42. The Morgan fingerprint density at radius 1 is 1.16 bits per heavy atom. The Bertz CT molecular complexity index is 1000. The largest absolute Gasteiger partial charge is 0.349 e. The van der Waals surface area contributed by atoms with E-state index in [0.29, 0.717) is 12.4 Å². The molecule has 132 valence electrons. The summed E-state index contributed by atoms with van der Waals surface area (Å²) < 4.78 is 4.22. The third-order valence-corrected chi connectivity index (χ3v) is 5.17. The van der Waals surface area contributed by atoms with Gasteiger partial charge in [0.05, 0.1) is 11.7 Å². The highest BCUT2D eigenvalue weighted by Crippen LogP contribution is 2.38. The predicted molar refractivity (Wildman–Crippen MR) is 93.6 cm³/mol. The second-order valence-corrected chi connectivity index (χ2v) is 6.58. The lowest BCUT2D eigenvalue weighted by molar-refractivity contribution is 0.634. The van der Waals surface area contributed by atoms with Crippen molar-refractivity contribution >= 4 is 5.82 Å². The van der Waals surface area contributed by atoms with E-state index in [2.05, 4.69) is 5.10 Å². The molecular weight excluding hydrogens is 320 g/mol. The Hall–Kier alpha value is -2.82. The molecule has 8 nitrogen and oxygen atoms in total. The molecule has 2 aromatic heterocycles. The predicted octanol–water partition coefficient (Wildman–Crippen LogP) is 0.648. The summed E-state index contributed by atoms with van der Waals surface area (Å²) >= 11 is 0. The zero-order valence-corrected chi connectivity index (χ0v) is 15.2. The minimum atomic E-state index is -0.550. The smallest absolute Gasteiger partial charge is 0.332 e. The van der Waals surface area contributed by atoms with Crippen LogP contribution in [0.25, 0.3) is 0 Å². The topological polar surface area (TPSA) is 88.8 Å².